The first-order valence-electron chi connectivity index (χ1n) is 24.3. The molecule has 4 saturated carbocycles. The topological polar surface area (TPSA) is 26.3 Å². The van der Waals surface area contributed by atoms with Crippen molar-refractivity contribution < 1.29 is 9.53 Å². The van der Waals surface area contributed by atoms with E-state index in [1.165, 1.54) is 173 Å². The van der Waals surface area contributed by atoms with E-state index in [1.54, 1.807) is 0 Å². The van der Waals surface area contributed by atoms with Crippen LogP contribution in [0.2, 0.25) is 0 Å². The second kappa shape index (κ2) is 22.9. The fourth-order valence-electron chi connectivity index (χ4n) is 13.0. The number of ether oxygens (including phenoxy) is 1. The molecule has 0 aromatic carbocycles. The maximum absolute atomic E-state index is 12.9. The van der Waals surface area contributed by atoms with Crippen LogP contribution in [0.4, 0.5) is 0 Å². The van der Waals surface area contributed by atoms with E-state index in [0.717, 1.165) is 66.6 Å². The van der Waals surface area contributed by atoms with E-state index in [4.69, 9.17) is 4.74 Å². The summed E-state index contributed by atoms with van der Waals surface area (Å²) in [7, 11) is 0. The van der Waals surface area contributed by atoms with Gasteiger partial charge in [-0.2, -0.15) is 0 Å². The molecule has 304 valence electrons. The number of carbonyl (C=O) groups excluding carboxylic acids is 1. The molecule has 52 heavy (non-hydrogen) atoms. The van der Waals surface area contributed by atoms with Crippen LogP contribution in [0, 0.1) is 58.2 Å². The smallest absolute Gasteiger partial charge is 0.306 e. The number of carbonyl (C=O) groups is 1. The third-order valence-electron chi connectivity index (χ3n) is 16.9. The van der Waals surface area contributed by atoms with Crippen molar-refractivity contribution in [3.8, 4) is 0 Å². The molecule has 0 aliphatic heterocycles. The van der Waals surface area contributed by atoms with Crippen LogP contribution in [0.3, 0.4) is 0 Å². The molecule has 0 amide bonds. The van der Waals surface area contributed by atoms with Crippen LogP contribution < -0.4 is 0 Å². The van der Waals surface area contributed by atoms with Gasteiger partial charge in [0.2, 0.25) is 0 Å². The summed E-state index contributed by atoms with van der Waals surface area (Å²) >= 11 is 0. The Hall–Kier alpha value is -0.530. The Bertz CT molecular complexity index is 971. The molecule has 0 aromatic heterocycles. The molecule has 0 bridgehead atoms. The zero-order valence-electron chi connectivity index (χ0n) is 36.4. The first kappa shape index (κ1) is 44.2. The Morgan fingerprint density at radius 3 is 1.67 bits per heavy atom. The second-order valence-electron chi connectivity index (χ2n) is 20.7. The third-order valence-corrected chi connectivity index (χ3v) is 16.9. The molecule has 4 rings (SSSR count). The van der Waals surface area contributed by atoms with E-state index in [1.807, 2.05) is 0 Å². The molecule has 0 N–H and O–H groups in total. The highest BCUT2D eigenvalue weighted by Crippen LogP contribution is 2.68. The van der Waals surface area contributed by atoms with Gasteiger partial charge >= 0.3 is 5.97 Å². The molecule has 2 heteroatoms. The lowest BCUT2D eigenvalue weighted by atomic mass is 9.44. The van der Waals surface area contributed by atoms with Crippen molar-refractivity contribution in [1.29, 1.82) is 0 Å². The minimum atomic E-state index is 0.0941. The first-order valence-corrected chi connectivity index (χ1v) is 24.3. The molecule has 4 aliphatic rings. The molecule has 10 atom stereocenters. The normalized spacial score (nSPS) is 32.6. The monoisotopic (exact) mass is 725 g/mol. The Labute approximate surface area is 326 Å². The van der Waals surface area contributed by atoms with Crippen LogP contribution in [0.1, 0.15) is 248 Å². The fraction of sp³-hybridized carbons (Fsp3) is 0.980. The van der Waals surface area contributed by atoms with Crippen molar-refractivity contribution in [2.24, 2.45) is 58.2 Å². The first-order chi connectivity index (χ1) is 25.1. The van der Waals surface area contributed by atoms with E-state index in [-0.39, 0.29) is 12.1 Å². The highest BCUT2D eigenvalue weighted by Gasteiger charge is 2.60. The predicted octanol–water partition coefficient (Wildman–Crippen LogP) is 16.1. The van der Waals surface area contributed by atoms with Crippen LogP contribution in [0.5, 0.6) is 0 Å². The van der Waals surface area contributed by atoms with Crippen LogP contribution in [0.15, 0.2) is 0 Å². The molecule has 0 saturated heterocycles. The lowest BCUT2D eigenvalue weighted by Crippen LogP contribution is -2.54. The SMILES string of the molecule is CCCCCCCCCCCCCCCCCCCCCC(=O)OC1CC[C@@]2(C)C(CC[C@H]3[C@@H]4CC[C@H]([C@H](C)CC[C@H](C)C(C)C)[C@@]4(C)CC[C@@H]32)C1. The van der Waals surface area contributed by atoms with Gasteiger partial charge in [-0.05, 0) is 122 Å². The summed E-state index contributed by atoms with van der Waals surface area (Å²) in [6, 6.07) is 0. The summed E-state index contributed by atoms with van der Waals surface area (Å²) in [6.45, 7) is 17.6. The van der Waals surface area contributed by atoms with Gasteiger partial charge in [0, 0.05) is 6.42 Å². The molecule has 4 fully saturated rings. The van der Waals surface area contributed by atoms with Crippen molar-refractivity contribution in [2.45, 2.75) is 254 Å². The molecule has 0 heterocycles. The number of rotatable bonds is 26. The Morgan fingerprint density at radius 2 is 1.12 bits per heavy atom. The molecule has 2 nitrogen and oxygen atoms in total. The van der Waals surface area contributed by atoms with Gasteiger partial charge in [0.25, 0.3) is 0 Å². The van der Waals surface area contributed by atoms with Gasteiger partial charge in [-0.15, -0.1) is 0 Å². The maximum atomic E-state index is 12.9. The molecule has 2 unspecified atom stereocenters. The zero-order chi connectivity index (χ0) is 37.4. The average molecular weight is 725 g/mol. The van der Waals surface area contributed by atoms with Gasteiger partial charge in [-0.1, -0.05) is 177 Å². The van der Waals surface area contributed by atoms with E-state index in [0.29, 0.717) is 17.3 Å². The van der Waals surface area contributed by atoms with Crippen LogP contribution in [0.25, 0.3) is 0 Å². The van der Waals surface area contributed by atoms with Crippen molar-refractivity contribution in [3.63, 3.8) is 0 Å². The number of hydrogen-bond donors (Lipinski definition) is 0. The number of hydrogen-bond acceptors (Lipinski definition) is 2. The Morgan fingerprint density at radius 1 is 0.596 bits per heavy atom. The summed E-state index contributed by atoms with van der Waals surface area (Å²) in [5.74, 6) is 7.13. The number of unbranched alkanes of at least 4 members (excludes halogenated alkanes) is 18. The molecule has 0 aromatic rings. The van der Waals surface area contributed by atoms with Crippen molar-refractivity contribution >= 4 is 5.97 Å². The number of esters is 1. The molecular formula is C50H92O2. The van der Waals surface area contributed by atoms with Crippen molar-refractivity contribution in [1.82, 2.24) is 0 Å². The van der Waals surface area contributed by atoms with Gasteiger partial charge in [0.15, 0.2) is 0 Å². The van der Waals surface area contributed by atoms with E-state index in [9.17, 15) is 4.79 Å². The standard InChI is InChI=1S/C50H92O2/c1-8-9-10-11-12-13-14-15-16-17-18-19-20-21-22-23-24-25-26-27-48(51)52-43-34-36-49(6)42(38-43)30-31-44-46-33-32-45(50(46,7)37-35-47(44)49)41(5)29-28-40(4)39(2)3/h39-47H,8-38H2,1-7H3/t40-,41+,42?,43?,44-,45+,46-,47-,49-,50+/m0/s1. The maximum Gasteiger partial charge on any atom is 0.306 e. The lowest BCUT2D eigenvalue weighted by molar-refractivity contribution is -0.162. The second-order valence-corrected chi connectivity index (χ2v) is 20.7. The highest BCUT2D eigenvalue weighted by atomic mass is 16.5. The summed E-state index contributed by atoms with van der Waals surface area (Å²) in [5.41, 5.74) is 1.04. The zero-order valence-corrected chi connectivity index (χ0v) is 36.4. The van der Waals surface area contributed by atoms with Crippen molar-refractivity contribution in [3.05, 3.63) is 0 Å². The van der Waals surface area contributed by atoms with Crippen LogP contribution in [-0.2, 0) is 9.53 Å². The third kappa shape index (κ3) is 12.8. The summed E-state index contributed by atoms with van der Waals surface area (Å²) in [5, 5.41) is 0. The van der Waals surface area contributed by atoms with Crippen LogP contribution >= 0.6 is 0 Å². The minimum Gasteiger partial charge on any atom is -0.462 e. The number of fused-ring (bicyclic) bond motifs is 5. The van der Waals surface area contributed by atoms with E-state index in [2.05, 4.69) is 48.5 Å². The predicted molar refractivity (Wildman–Crippen MR) is 226 cm³/mol. The Balaban J connectivity index is 1.03. The minimum absolute atomic E-state index is 0.0941. The van der Waals surface area contributed by atoms with Gasteiger partial charge in [0.1, 0.15) is 6.10 Å². The van der Waals surface area contributed by atoms with Crippen molar-refractivity contribution in [2.75, 3.05) is 0 Å². The molecule has 0 radical (unpaired) electrons. The van der Waals surface area contributed by atoms with Gasteiger partial charge in [-0.3, -0.25) is 4.79 Å². The average Bonchev–Trinajstić information content (AvgIpc) is 3.48. The van der Waals surface area contributed by atoms with E-state index < -0.39 is 0 Å². The summed E-state index contributed by atoms with van der Waals surface area (Å²) < 4.78 is 6.20. The molecule has 0 spiro atoms. The quantitative estimate of drug-likeness (QED) is 0.0656. The van der Waals surface area contributed by atoms with Gasteiger partial charge in [0.05, 0.1) is 0 Å². The summed E-state index contributed by atoms with van der Waals surface area (Å²) in [6.07, 6.45) is 42.3. The highest BCUT2D eigenvalue weighted by molar-refractivity contribution is 5.69. The van der Waals surface area contributed by atoms with E-state index >= 15 is 0 Å². The largest absolute Gasteiger partial charge is 0.462 e. The van der Waals surface area contributed by atoms with Crippen LogP contribution in [-0.4, -0.2) is 12.1 Å². The lowest BCUT2D eigenvalue weighted by Gasteiger charge is -2.61. The molecular weight excluding hydrogens is 633 g/mol. The van der Waals surface area contributed by atoms with Gasteiger partial charge < -0.3 is 4.74 Å². The Kier molecular flexibility index (Phi) is 19.4. The summed E-state index contributed by atoms with van der Waals surface area (Å²) in [4.78, 5) is 12.9. The molecule has 4 aliphatic carbocycles. The van der Waals surface area contributed by atoms with Gasteiger partial charge in [-0.25, -0.2) is 0 Å². The fourth-order valence-corrected chi connectivity index (χ4v) is 13.0.